The predicted molar refractivity (Wildman–Crippen MR) is 38.5 cm³/mol. The van der Waals surface area contributed by atoms with Crippen LogP contribution in [0.5, 0.6) is 0 Å². The molecule has 6 N–H and O–H groups in total. The number of thiocarbonyl (C=S) groups is 1. The molecule has 0 saturated carbocycles. The van der Waals surface area contributed by atoms with Gasteiger partial charge in [0.05, 0.1) is 10.9 Å². The lowest BCUT2D eigenvalue weighted by molar-refractivity contribution is -0.119. The number of amides is 1. The molecule has 4 nitrogen and oxygen atoms in total. The number of nitrogens with two attached hydrogens (primary N) is 3. The minimum atomic E-state index is -0.653. The molecule has 0 aromatic heterocycles. The van der Waals surface area contributed by atoms with Crippen LogP contribution >= 0.6 is 12.2 Å². The Balaban J connectivity index is 3.99. The van der Waals surface area contributed by atoms with Crippen molar-refractivity contribution in [3.05, 3.63) is 0 Å². The van der Waals surface area contributed by atoms with Crippen molar-refractivity contribution in [2.24, 2.45) is 23.1 Å². The second-order valence-corrected chi connectivity index (χ2v) is 2.06. The molecule has 0 radical (unpaired) electrons. The lowest BCUT2D eigenvalue weighted by Crippen LogP contribution is -2.38. The molecule has 0 rings (SSSR count). The van der Waals surface area contributed by atoms with Gasteiger partial charge in [0.1, 0.15) is 0 Å². The van der Waals surface area contributed by atoms with Gasteiger partial charge in [-0.15, -0.1) is 0 Å². The first-order valence-electron chi connectivity index (χ1n) is 2.38. The summed E-state index contributed by atoms with van der Waals surface area (Å²) in [6.07, 6.45) is 0. The van der Waals surface area contributed by atoms with Crippen LogP contribution in [-0.2, 0) is 4.79 Å². The van der Waals surface area contributed by atoms with Crippen LogP contribution < -0.4 is 17.2 Å². The zero-order chi connectivity index (χ0) is 7.44. The van der Waals surface area contributed by atoms with E-state index in [0.29, 0.717) is 0 Å². The summed E-state index contributed by atoms with van der Waals surface area (Å²) < 4.78 is 0. The number of hydrogen-bond donors (Lipinski definition) is 3. The van der Waals surface area contributed by atoms with Gasteiger partial charge in [-0.1, -0.05) is 12.2 Å². The summed E-state index contributed by atoms with van der Waals surface area (Å²) in [6.45, 7) is 0.0880. The Hall–Kier alpha value is -0.680. The highest BCUT2D eigenvalue weighted by Gasteiger charge is 2.14. The van der Waals surface area contributed by atoms with E-state index in [2.05, 4.69) is 12.2 Å². The Kier molecular flexibility index (Phi) is 3.11. The molecular formula is C4H9N3OS. The van der Waals surface area contributed by atoms with Crippen molar-refractivity contribution >= 4 is 23.1 Å². The van der Waals surface area contributed by atoms with Crippen molar-refractivity contribution in [1.82, 2.24) is 0 Å². The summed E-state index contributed by atoms with van der Waals surface area (Å²) in [7, 11) is 0. The maximum Gasteiger partial charge on any atom is 0.228 e. The standard InChI is InChI=1S/C4H9N3OS/c5-1-2(3(6)8)4(7)9/h2H,1,5H2,(H2,6,8)(H2,7,9). The van der Waals surface area contributed by atoms with Crippen LogP contribution in [0.4, 0.5) is 0 Å². The van der Waals surface area contributed by atoms with Gasteiger partial charge < -0.3 is 17.2 Å². The lowest BCUT2D eigenvalue weighted by atomic mass is 10.1. The molecule has 5 heteroatoms. The summed E-state index contributed by atoms with van der Waals surface area (Å²) in [5.41, 5.74) is 15.1. The third-order valence-electron chi connectivity index (χ3n) is 0.923. The summed E-state index contributed by atoms with van der Waals surface area (Å²) in [6, 6.07) is 0. The number of primary amides is 1. The molecule has 1 atom stereocenters. The fraction of sp³-hybridized carbons (Fsp3) is 0.500. The summed E-state index contributed by atoms with van der Waals surface area (Å²) in [4.78, 5) is 10.4. The Morgan fingerprint density at radius 2 is 2.00 bits per heavy atom. The Labute approximate surface area is 58.4 Å². The Morgan fingerprint density at radius 1 is 1.56 bits per heavy atom. The van der Waals surface area contributed by atoms with Gasteiger partial charge in [0.15, 0.2) is 0 Å². The van der Waals surface area contributed by atoms with Gasteiger partial charge in [-0.2, -0.15) is 0 Å². The van der Waals surface area contributed by atoms with Gasteiger partial charge in [-0.3, -0.25) is 4.79 Å². The van der Waals surface area contributed by atoms with Crippen molar-refractivity contribution in [1.29, 1.82) is 0 Å². The second kappa shape index (κ2) is 3.37. The zero-order valence-corrected chi connectivity index (χ0v) is 5.65. The first-order chi connectivity index (χ1) is 4.09. The van der Waals surface area contributed by atoms with E-state index in [1.807, 2.05) is 0 Å². The van der Waals surface area contributed by atoms with Gasteiger partial charge in [0.2, 0.25) is 5.91 Å². The van der Waals surface area contributed by atoms with Gasteiger partial charge >= 0.3 is 0 Å². The molecule has 0 aromatic carbocycles. The van der Waals surface area contributed by atoms with E-state index in [-0.39, 0.29) is 11.5 Å². The fourth-order valence-corrected chi connectivity index (χ4v) is 0.585. The third kappa shape index (κ3) is 2.39. The van der Waals surface area contributed by atoms with Gasteiger partial charge in [0, 0.05) is 6.54 Å². The van der Waals surface area contributed by atoms with Gasteiger partial charge in [-0.05, 0) is 0 Å². The van der Waals surface area contributed by atoms with E-state index < -0.39 is 11.8 Å². The first-order valence-corrected chi connectivity index (χ1v) is 2.79. The second-order valence-electron chi connectivity index (χ2n) is 1.59. The number of carbonyl (C=O) groups excluding carboxylic acids is 1. The average Bonchev–Trinajstić information content (AvgIpc) is 1.64. The minimum absolute atomic E-state index is 0.0602. The summed E-state index contributed by atoms with van der Waals surface area (Å²) in [5.74, 6) is -1.22. The van der Waals surface area contributed by atoms with E-state index in [4.69, 9.17) is 17.2 Å². The van der Waals surface area contributed by atoms with Crippen molar-refractivity contribution in [2.75, 3.05) is 6.54 Å². The van der Waals surface area contributed by atoms with Crippen LogP contribution in [0.25, 0.3) is 0 Å². The van der Waals surface area contributed by atoms with E-state index in [1.165, 1.54) is 0 Å². The van der Waals surface area contributed by atoms with Crippen molar-refractivity contribution < 1.29 is 4.79 Å². The van der Waals surface area contributed by atoms with Crippen LogP contribution in [0.15, 0.2) is 0 Å². The summed E-state index contributed by atoms with van der Waals surface area (Å²) >= 11 is 4.49. The highest BCUT2D eigenvalue weighted by atomic mass is 32.1. The zero-order valence-electron chi connectivity index (χ0n) is 4.83. The molecule has 0 aliphatic carbocycles. The fourth-order valence-electron chi connectivity index (χ4n) is 0.373. The predicted octanol–water partition coefficient (Wildman–Crippen LogP) is -1.67. The molecule has 0 aliphatic heterocycles. The maximum absolute atomic E-state index is 10.3. The smallest absolute Gasteiger partial charge is 0.228 e. The normalized spacial score (nSPS) is 12.6. The SMILES string of the molecule is NCC(C(N)=O)C(N)=S. The van der Waals surface area contributed by atoms with Gasteiger partial charge in [-0.25, -0.2) is 0 Å². The number of hydrogen-bond acceptors (Lipinski definition) is 3. The summed E-state index contributed by atoms with van der Waals surface area (Å²) in [5, 5.41) is 0. The minimum Gasteiger partial charge on any atom is -0.393 e. The van der Waals surface area contributed by atoms with Crippen LogP contribution in [0.2, 0.25) is 0 Å². The van der Waals surface area contributed by atoms with E-state index in [1.54, 1.807) is 0 Å². The lowest BCUT2D eigenvalue weighted by Gasteiger charge is -2.05. The molecule has 0 aliphatic rings. The molecule has 0 saturated heterocycles. The number of rotatable bonds is 3. The molecule has 0 bridgehead atoms. The highest BCUT2D eigenvalue weighted by molar-refractivity contribution is 7.80. The molecule has 1 unspecified atom stereocenters. The van der Waals surface area contributed by atoms with E-state index >= 15 is 0 Å². The largest absolute Gasteiger partial charge is 0.393 e. The van der Waals surface area contributed by atoms with Crippen LogP contribution in [-0.4, -0.2) is 17.4 Å². The number of carbonyl (C=O) groups is 1. The molecule has 0 fully saturated rings. The quantitative estimate of drug-likeness (QED) is 0.416. The topological polar surface area (TPSA) is 95.1 Å². The van der Waals surface area contributed by atoms with Crippen molar-refractivity contribution in [3.63, 3.8) is 0 Å². The van der Waals surface area contributed by atoms with Gasteiger partial charge in [0.25, 0.3) is 0 Å². The van der Waals surface area contributed by atoms with Crippen LogP contribution in [0, 0.1) is 5.92 Å². The van der Waals surface area contributed by atoms with Crippen LogP contribution in [0.1, 0.15) is 0 Å². The molecule has 1 amide bonds. The maximum atomic E-state index is 10.3. The van der Waals surface area contributed by atoms with Crippen LogP contribution in [0.3, 0.4) is 0 Å². The molecule has 0 aromatic rings. The molecule has 0 spiro atoms. The Bertz CT molecular complexity index is 122. The monoisotopic (exact) mass is 147 g/mol. The molecular weight excluding hydrogens is 138 g/mol. The third-order valence-corrected chi connectivity index (χ3v) is 1.21. The Morgan fingerprint density at radius 3 is 2.00 bits per heavy atom. The first kappa shape index (κ1) is 8.32. The van der Waals surface area contributed by atoms with Crippen molar-refractivity contribution in [2.45, 2.75) is 0 Å². The van der Waals surface area contributed by atoms with E-state index in [0.717, 1.165) is 0 Å². The molecule has 9 heavy (non-hydrogen) atoms. The highest BCUT2D eigenvalue weighted by Crippen LogP contribution is 1.90. The van der Waals surface area contributed by atoms with Crippen molar-refractivity contribution in [3.8, 4) is 0 Å². The molecule has 0 heterocycles. The average molecular weight is 147 g/mol. The van der Waals surface area contributed by atoms with E-state index in [9.17, 15) is 4.79 Å². The molecule has 52 valence electrons.